The van der Waals surface area contributed by atoms with E-state index in [-0.39, 0.29) is 13.0 Å². The smallest absolute Gasteiger partial charge is 0.426 e. The molecule has 248 valence electrons. The second-order valence-electron chi connectivity index (χ2n) is 11.4. The normalized spacial score (nSPS) is 17.7. The van der Waals surface area contributed by atoms with Gasteiger partial charge in [-0.1, -0.05) is 42.5 Å². The molecule has 4 bridgehead atoms. The molecule has 0 fully saturated rings. The Balaban J connectivity index is 1.94. The first-order valence-electron chi connectivity index (χ1n) is 14.0. The Bertz CT molecular complexity index is 1580. The number of nitrogens with zero attached hydrogens (tertiary/aromatic N) is 4. The van der Waals surface area contributed by atoms with Crippen LogP contribution in [0.4, 0.5) is 36.8 Å². The van der Waals surface area contributed by atoms with E-state index in [1.54, 1.807) is 30.3 Å². The molecule has 4 rings (SSSR count). The summed E-state index contributed by atoms with van der Waals surface area (Å²) in [6.07, 6.45) is -9.64. The van der Waals surface area contributed by atoms with Crippen LogP contribution in [0.1, 0.15) is 63.2 Å². The lowest BCUT2D eigenvalue weighted by atomic mass is 9.97. The van der Waals surface area contributed by atoms with Crippen LogP contribution in [-0.2, 0) is 39.2 Å². The number of amides is 2. The Morgan fingerprint density at radius 2 is 1.74 bits per heavy atom. The van der Waals surface area contributed by atoms with E-state index in [4.69, 9.17) is 13.9 Å². The molecule has 2 aromatic heterocycles. The number of hydrogen-bond donors (Lipinski definition) is 1. The highest BCUT2D eigenvalue weighted by Gasteiger charge is 2.61. The van der Waals surface area contributed by atoms with Crippen LogP contribution in [0.5, 0.6) is 0 Å². The van der Waals surface area contributed by atoms with E-state index in [1.165, 1.54) is 32.9 Å². The highest BCUT2D eigenvalue weighted by molar-refractivity contribution is 5.89. The number of carbonyl (C=O) groups excluding carboxylic acids is 2. The fourth-order valence-corrected chi connectivity index (χ4v) is 4.51. The van der Waals surface area contributed by atoms with Gasteiger partial charge in [-0.3, -0.25) is 10.1 Å². The van der Waals surface area contributed by atoms with E-state index in [1.807, 2.05) is 0 Å². The number of benzene rings is 1. The summed E-state index contributed by atoms with van der Waals surface area (Å²) in [5.74, 6) is -2.39. The summed E-state index contributed by atoms with van der Waals surface area (Å²) >= 11 is 0. The second-order valence-corrected chi connectivity index (χ2v) is 11.4. The van der Waals surface area contributed by atoms with Crippen molar-refractivity contribution in [3.63, 3.8) is 0 Å². The quantitative estimate of drug-likeness (QED) is 0.232. The first kappa shape index (κ1) is 34.4. The van der Waals surface area contributed by atoms with Gasteiger partial charge >= 0.3 is 18.4 Å². The van der Waals surface area contributed by atoms with Gasteiger partial charge in [0.05, 0.1) is 30.1 Å². The zero-order valence-electron chi connectivity index (χ0n) is 25.3. The zero-order valence-corrected chi connectivity index (χ0v) is 25.3. The topological polar surface area (TPSA) is 120 Å². The lowest BCUT2D eigenvalue weighted by molar-refractivity contribution is -0.295. The monoisotopic (exact) mass is 655 g/mol. The molecule has 0 saturated carbocycles. The lowest BCUT2D eigenvalue weighted by Gasteiger charge is -2.32. The summed E-state index contributed by atoms with van der Waals surface area (Å²) in [7, 11) is 0. The van der Waals surface area contributed by atoms with Gasteiger partial charge in [0.2, 0.25) is 11.5 Å². The number of ether oxygens (including phenoxy) is 2. The average molecular weight is 656 g/mol. The van der Waals surface area contributed by atoms with Crippen molar-refractivity contribution >= 4 is 17.7 Å². The van der Waals surface area contributed by atoms with Crippen LogP contribution < -0.4 is 5.32 Å². The molecular weight excluding hydrogens is 624 g/mol. The third-order valence-corrected chi connectivity index (χ3v) is 6.73. The van der Waals surface area contributed by atoms with Crippen LogP contribution in [0.3, 0.4) is 0 Å². The maximum atomic E-state index is 15.0. The van der Waals surface area contributed by atoms with Gasteiger partial charge in [0, 0.05) is 19.9 Å². The summed E-state index contributed by atoms with van der Waals surface area (Å²) in [5, 5.41) is 9.48. The SMILES string of the molecule is CC(=O)N1CCC=CCC(OCc2ccccc2)(C(F)(F)F)c2nnc(o2)-c2nc(c(C(F)(F)F)cc2NC(=O)OC(C)(C)C)C1. The molecule has 46 heavy (non-hydrogen) atoms. The Kier molecular flexibility index (Phi) is 9.80. The third kappa shape index (κ3) is 8.02. The van der Waals surface area contributed by atoms with Gasteiger partial charge in [-0.25, -0.2) is 9.78 Å². The van der Waals surface area contributed by atoms with Crippen molar-refractivity contribution < 1.29 is 49.8 Å². The number of alkyl halides is 6. The number of carbonyl (C=O) groups is 2. The first-order chi connectivity index (χ1) is 21.4. The summed E-state index contributed by atoms with van der Waals surface area (Å²) < 4.78 is 104. The van der Waals surface area contributed by atoms with Gasteiger partial charge in [-0.15, -0.1) is 10.2 Å². The fraction of sp³-hybridized carbons (Fsp3) is 0.433. The summed E-state index contributed by atoms with van der Waals surface area (Å²) in [4.78, 5) is 30.1. The van der Waals surface area contributed by atoms with Gasteiger partial charge in [0.15, 0.2) is 5.69 Å². The van der Waals surface area contributed by atoms with Crippen LogP contribution in [0.2, 0.25) is 0 Å². The number of anilines is 1. The highest BCUT2D eigenvalue weighted by atomic mass is 19.4. The average Bonchev–Trinajstić information content (AvgIpc) is 3.42. The number of aromatic nitrogens is 3. The van der Waals surface area contributed by atoms with Crippen LogP contribution in [0.25, 0.3) is 11.6 Å². The molecule has 2 amide bonds. The Morgan fingerprint density at radius 1 is 1.04 bits per heavy atom. The van der Waals surface area contributed by atoms with Crippen molar-refractivity contribution in [2.24, 2.45) is 0 Å². The molecule has 0 spiro atoms. The number of fused-ring (bicyclic) bond motifs is 5. The van der Waals surface area contributed by atoms with Crippen molar-refractivity contribution in [3.8, 4) is 11.6 Å². The summed E-state index contributed by atoms with van der Waals surface area (Å²) in [5.41, 5.74) is -7.05. The molecular formula is C30H31F6N5O5. The van der Waals surface area contributed by atoms with E-state index in [9.17, 15) is 35.9 Å². The van der Waals surface area contributed by atoms with E-state index in [0.29, 0.717) is 11.6 Å². The predicted octanol–water partition coefficient (Wildman–Crippen LogP) is 7.17. The molecule has 1 N–H and O–H groups in total. The lowest BCUT2D eigenvalue weighted by Crippen LogP contribution is -2.45. The predicted molar refractivity (Wildman–Crippen MR) is 151 cm³/mol. The molecule has 0 aliphatic carbocycles. The first-order valence-corrected chi connectivity index (χ1v) is 14.0. The van der Waals surface area contributed by atoms with E-state index in [0.717, 1.165) is 11.8 Å². The standard InChI is InChI=1S/C30H31F6N5O5/c1-18(42)41-14-10-6-9-13-28(30(34,35)36,44-17-19-11-7-5-8-12-19)25-40-39-24(45-25)23-21(38-26(43)46-27(2,3)4)15-20(29(31,32)33)22(16-41)37-23/h5-9,11-12,15H,10,13-14,16-17H2,1-4H3,(H,38,43). The van der Waals surface area contributed by atoms with E-state index in [2.05, 4.69) is 20.5 Å². The number of pyridine rings is 1. The molecule has 0 saturated heterocycles. The van der Waals surface area contributed by atoms with Crippen molar-refractivity contribution in [1.82, 2.24) is 20.1 Å². The molecule has 0 radical (unpaired) electrons. The van der Waals surface area contributed by atoms with Crippen molar-refractivity contribution in [2.45, 2.75) is 77.2 Å². The third-order valence-electron chi connectivity index (χ3n) is 6.73. The van der Waals surface area contributed by atoms with Crippen molar-refractivity contribution in [2.75, 3.05) is 11.9 Å². The molecule has 1 unspecified atom stereocenters. The summed E-state index contributed by atoms with van der Waals surface area (Å²) in [6, 6.07) is 8.55. The Labute approximate surface area is 259 Å². The van der Waals surface area contributed by atoms with Gasteiger partial charge in [0.25, 0.3) is 11.8 Å². The zero-order chi connectivity index (χ0) is 33.9. The molecule has 1 aliphatic rings. The maximum Gasteiger partial charge on any atom is 0.426 e. The van der Waals surface area contributed by atoms with Crippen LogP contribution in [0.15, 0.2) is 53.0 Å². The van der Waals surface area contributed by atoms with Crippen LogP contribution in [0, 0.1) is 0 Å². The van der Waals surface area contributed by atoms with Gasteiger partial charge in [-0.05, 0) is 38.8 Å². The molecule has 16 heteroatoms. The molecule has 10 nitrogen and oxygen atoms in total. The Hall–Kier alpha value is -4.47. The van der Waals surface area contributed by atoms with Crippen molar-refractivity contribution in [1.29, 1.82) is 0 Å². The van der Waals surface area contributed by atoms with E-state index < -0.39 is 89.5 Å². The summed E-state index contributed by atoms with van der Waals surface area (Å²) in [6.45, 7) is 4.41. The number of hydrogen-bond acceptors (Lipinski definition) is 8. The molecule has 3 aromatic rings. The number of halogens is 6. The number of rotatable bonds is 4. The fourth-order valence-electron chi connectivity index (χ4n) is 4.51. The highest BCUT2D eigenvalue weighted by Crippen LogP contribution is 2.46. The minimum Gasteiger partial charge on any atom is -0.444 e. The van der Waals surface area contributed by atoms with Crippen LogP contribution in [-0.4, -0.2) is 50.4 Å². The van der Waals surface area contributed by atoms with Crippen molar-refractivity contribution in [3.05, 3.63) is 71.3 Å². The van der Waals surface area contributed by atoms with Gasteiger partial charge < -0.3 is 18.8 Å². The Morgan fingerprint density at radius 3 is 2.35 bits per heavy atom. The largest absolute Gasteiger partial charge is 0.444 e. The maximum absolute atomic E-state index is 15.0. The molecule has 1 aliphatic heterocycles. The molecule has 3 heterocycles. The molecule has 1 atom stereocenters. The van der Waals surface area contributed by atoms with Gasteiger partial charge in [0.1, 0.15) is 5.60 Å². The number of nitrogens with one attached hydrogen (secondary N) is 1. The minimum absolute atomic E-state index is 0.00617. The van der Waals surface area contributed by atoms with E-state index >= 15 is 0 Å². The minimum atomic E-state index is -5.13. The van der Waals surface area contributed by atoms with Crippen LogP contribution >= 0.6 is 0 Å². The van der Waals surface area contributed by atoms with Gasteiger partial charge in [-0.2, -0.15) is 26.3 Å². The second kappa shape index (κ2) is 13.1. The molecule has 1 aromatic carbocycles.